The van der Waals surface area contributed by atoms with Gasteiger partial charge in [0, 0.05) is 17.4 Å². The minimum absolute atomic E-state index is 0.227. The van der Waals surface area contributed by atoms with E-state index in [-0.39, 0.29) is 12.5 Å². The van der Waals surface area contributed by atoms with Crippen molar-refractivity contribution in [1.82, 2.24) is 0 Å². The number of aryl methyl sites for hydroxylation is 1. The first-order valence-corrected chi connectivity index (χ1v) is 12.2. The van der Waals surface area contributed by atoms with Gasteiger partial charge in [-0.3, -0.25) is 4.79 Å². The van der Waals surface area contributed by atoms with Crippen LogP contribution in [0.3, 0.4) is 0 Å². The van der Waals surface area contributed by atoms with Gasteiger partial charge in [-0.15, -0.1) is 0 Å². The number of carboxylic acid groups (broad SMARTS) is 1. The summed E-state index contributed by atoms with van der Waals surface area (Å²) in [5, 5.41) is 30.3. The van der Waals surface area contributed by atoms with E-state index in [9.17, 15) is 15.0 Å². The van der Waals surface area contributed by atoms with Gasteiger partial charge < -0.3 is 15.3 Å². The van der Waals surface area contributed by atoms with Gasteiger partial charge in [-0.05, 0) is 63.4 Å². The van der Waals surface area contributed by atoms with Gasteiger partial charge in [0.25, 0.3) is 0 Å². The molecule has 164 valence electrons. The molecule has 0 amide bonds. The second kappa shape index (κ2) is 12.6. The number of carbonyl (C=O) groups is 1. The summed E-state index contributed by atoms with van der Waals surface area (Å²) >= 11 is 1.83. The highest BCUT2D eigenvalue weighted by atomic mass is 32.2. The van der Waals surface area contributed by atoms with E-state index in [1.165, 1.54) is 5.56 Å². The van der Waals surface area contributed by atoms with Crippen molar-refractivity contribution >= 4 is 17.7 Å². The number of benzene rings is 1. The van der Waals surface area contributed by atoms with Crippen LogP contribution in [-0.2, 0) is 11.2 Å². The van der Waals surface area contributed by atoms with Crippen molar-refractivity contribution in [2.45, 2.75) is 94.5 Å². The summed E-state index contributed by atoms with van der Waals surface area (Å²) in [5.41, 5.74) is 0.646. The molecule has 0 saturated heterocycles. The summed E-state index contributed by atoms with van der Waals surface area (Å²) in [6.07, 6.45) is 9.44. The van der Waals surface area contributed by atoms with E-state index in [0.717, 1.165) is 64.2 Å². The lowest BCUT2D eigenvalue weighted by Gasteiger charge is -2.27. The van der Waals surface area contributed by atoms with Gasteiger partial charge in [-0.1, -0.05) is 49.6 Å². The summed E-state index contributed by atoms with van der Waals surface area (Å²) in [4.78, 5) is 10.6. The average molecular weight is 423 g/mol. The molecule has 4 unspecified atom stereocenters. The van der Waals surface area contributed by atoms with Crippen LogP contribution in [0.15, 0.2) is 30.3 Å². The van der Waals surface area contributed by atoms with E-state index in [0.29, 0.717) is 16.9 Å². The number of carboxylic acids is 1. The molecule has 1 aliphatic rings. The largest absolute Gasteiger partial charge is 0.481 e. The van der Waals surface area contributed by atoms with E-state index < -0.39 is 11.6 Å². The number of hydrogen-bond acceptors (Lipinski definition) is 4. The zero-order valence-electron chi connectivity index (χ0n) is 17.8. The fourth-order valence-corrected chi connectivity index (χ4v) is 5.87. The van der Waals surface area contributed by atoms with Crippen LogP contribution in [-0.4, -0.2) is 44.0 Å². The quantitative estimate of drug-likeness (QED) is 0.365. The lowest BCUT2D eigenvalue weighted by atomic mass is 9.97. The molecule has 5 heteroatoms. The molecule has 0 bridgehead atoms. The van der Waals surface area contributed by atoms with Gasteiger partial charge in [-0.2, -0.15) is 11.8 Å². The first kappa shape index (κ1) is 24.2. The molecule has 3 N–H and O–H groups in total. The van der Waals surface area contributed by atoms with Crippen molar-refractivity contribution in [2.75, 3.05) is 5.75 Å². The van der Waals surface area contributed by atoms with Gasteiger partial charge in [-0.25, -0.2) is 0 Å². The molecule has 4 nitrogen and oxygen atoms in total. The summed E-state index contributed by atoms with van der Waals surface area (Å²) in [5.74, 6) is 0.303. The van der Waals surface area contributed by atoms with Crippen molar-refractivity contribution in [3.8, 4) is 0 Å². The topological polar surface area (TPSA) is 77.8 Å². The van der Waals surface area contributed by atoms with E-state index >= 15 is 0 Å². The van der Waals surface area contributed by atoms with Crippen molar-refractivity contribution in [1.29, 1.82) is 0 Å². The summed E-state index contributed by atoms with van der Waals surface area (Å²) < 4.78 is 0. The van der Waals surface area contributed by atoms with E-state index in [2.05, 4.69) is 24.3 Å². The molecule has 0 radical (unpaired) electrons. The van der Waals surface area contributed by atoms with Crippen molar-refractivity contribution in [2.24, 2.45) is 5.92 Å². The van der Waals surface area contributed by atoms with Gasteiger partial charge in [0.1, 0.15) is 0 Å². The lowest BCUT2D eigenvalue weighted by molar-refractivity contribution is -0.137. The zero-order chi connectivity index (χ0) is 21.1. The normalized spacial score (nSPS) is 23.8. The Morgan fingerprint density at radius 2 is 1.83 bits per heavy atom. The Bertz CT molecular complexity index is 590. The third-order valence-electron chi connectivity index (χ3n) is 6.03. The predicted molar refractivity (Wildman–Crippen MR) is 120 cm³/mol. The molecular weight excluding hydrogens is 384 g/mol. The molecule has 0 aliphatic heterocycles. The molecule has 2 rings (SSSR count). The van der Waals surface area contributed by atoms with E-state index in [1.807, 2.05) is 24.8 Å². The van der Waals surface area contributed by atoms with Crippen molar-refractivity contribution in [3.63, 3.8) is 0 Å². The SMILES string of the molecule is CC(O)(CCCc1ccccc1)CSC1CCC(O)C1CCCCCCC(=O)O. The van der Waals surface area contributed by atoms with Crippen LogP contribution >= 0.6 is 11.8 Å². The number of hydrogen-bond donors (Lipinski definition) is 3. The minimum atomic E-state index is -0.719. The van der Waals surface area contributed by atoms with Crippen molar-refractivity contribution in [3.05, 3.63) is 35.9 Å². The molecule has 1 aromatic rings. The zero-order valence-corrected chi connectivity index (χ0v) is 18.6. The third-order valence-corrected chi connectivity index (χ3v) is 7.83. The Morgan fingerprint density at radius 3 is 2.55 bits per heavy atom. The number of thioether (sulfide) groups is 1. The number of aliphatic carboxylic acids is 1. The first-order valence-electron chi connectivity index (χ1n) is 11.2. The van der Waals surface area contributed by atoms with Crippen molar-refractivity contribution < 1.29 is 20.1 Å². The van der Waals surface area contributed by atoms with Crippen LogP contribution in [0.4, 0.5) is 0 Å². The molecule has 1 aromatic carbocycles. The molecule has 29 heavy (non-hydrogen) atoms. The van der Waals surface area contributed by atoms with E-state index in [4.69, 9.17) is 5.11 Å². The predicted octanol–water partition coefficient (Wildman–Crippen LogP) is 5.06. The van der Waals surface area contributed by atoms with Crippen LogP contribution in [0.25, 0.3) is 0 Å². The van der Waals surface area contributed by atoms with Crippen LogP contribution in [0.2, 0.25) is 0 Å². The second-order valence-electron chi connectivity index (χ2n) is 8.84. The highest BCUT2D eigenvalue weighted by Gasteiger charge is 2.36. The molecule has 0 spiro atoms. The summed E-state index contributed by atoms with van der Waals surface area (Å²) in [7, 11) is 0. The maximum absolute atomic E-state index is 10.8. The number of unbranched alkanes of at least 4 members (excludes halogenated alkanes) is 3. The second-order valence-corrected chi connectivity index (χ2v) is 10.1. The van der Waals surface area contributed by atoms with Crippen LogP contribution in [0.5, 0.6) is 0 Å². The standard InChI is InChI=1S/C24H38O4S/c1-24(28,17-9-12-19-10-5-4-6-11-19)18-29-22-16-15-21(25)20(22)13-7-2-3-8-14-23(26)27/h4-6,10-11,20-22,25,28H,2-3,7-9,12-18H2,1H3,(H,26,27). The maximum atomic E-state index is 10.8. The van der Waals surface area contributed by atoms with Crippen LogP contribution < -0.4 is 0 Å². The fraction of sp³-hybridized carbons (Fsp3) is 0.708. The van der Waals surface area contributed by atoms with Gasteiger partial charge in [0.15, 0.2) is 0 Å². The Kier molecular flexibility index (Phi) is 10.5. The number of aliphatic hydroxyl groups is 2. The number of rotatable bonds is 14. The van der Waals surface area contributed by atoms with E-state index in [1.54, 1.807) is 0 Å². The summed E-state index contributed by atoms with van der Waals surface area (Å²) in [6, 6.07) is 10.4. The molecule has 0 aromatic heterocycles. The lowest BCUT2D eigenvalue weighted by Crippen LogP contribution is -2.30. The molecular formula is C24H38O4S. The molecule has 1 fully saturated rings. The Balaban J connectivity index is 1.66. The van der Waals surface area contributed by atoms with Gasteiger partial charge >= 0.3 is 5.97 Å². The Morgan fingerprint density at radius 1 is 1.10 bits per heavy atom. The van der Waals surface area contributed by atoms with Crippen LogP contribution in [0, 0.1) is 5.92 Å². The summed E-state index contributed by atoms with van der Waals surface area (Å²) in [6.45, 7) is 1.94. The maximum Gasteiger partial charge on any atom is 0.303 e. The third kappa shape index (κ3) is 9.54. The Hall–Kier alpha value is -1.04. The molecule has 4 atom stereocenters. The Labute approximate surface area is 180 Å². The fourth-order valence-electron chi connectivity index (χ4n) is 4.28. The number of aliphatic hydroxyl groups excluding tert-OH is 1. The minimum Gasteiger partial charge on any atom is -0.481 e. The highest BCUT2D eigenvalue weighted by molar-refractivity contribution is 8.00. The average Bonchev–Trinajstić information content (AvgIpc) is 3.03. The van der Waals surface area contributed by atoms with Crippen LogP contribution in [0.1, 0.15) is 76.7 Å². The molecule has 1 aliphatic carbocycles. The highest BCUT2D eigenvalue weighted by Crippen LogP contribution is 2.40. The van der Waals surface area contributed by atoms with Gasteiger partial charge in [0.2, 0.25) is 0 Å². The monoisotopic (exact) mass is 422 g/mol. The molecule has 0 heterocycles. The smallest absolute Gasteiger partial charge is 0.303 e. The molecule has 1 saturated carbocycles. The first-order chi connectivity index (χ1) is 13.9. The van der Waals surface area contributed by atoms with Gasteiger partial charge in [0.05, 0.1) is 11.7 Å².